The third kappa shape index (κ3) is 3.27. The standard InChI is InChI=1S/C18H16F4N6O/c1-10-15-13(28(26-25-15)17-23-7-3-8-24-17)6-9-27(10)16(29)11-4-2-5-12(14(11)19)18(20,21)22/h2-5,7-8,10,25-26H,6,9H2,1H3/t10-/m1/s1. The molecule has 29 heavy (non-hydrogen) atoms. The fourth-order valence-electron chi connectivity index (χ4n) is 3.47. The maximum atomic E-state index is 14.4. The van der Waals surface area contributed by atoms with Crippen LogP contribution in [0, 0.1) is 5.82 Å². The summed E-state index contributed by atoms with van der Waals surface area (Å²) >= 11 is 0. The van der Waals surface area contributed by atoms with Crippen LogP contribution in [0.3, 0.4) is 0 Å². The molecule has 1 aromatic carbocycles. The fourth-order valence-corrected chi connectivity index (χ4v) is 3.47. The van der Waals surface area contributed by atoms with Crippen molar-refractivity contribution in [3.8, 4) is 0 Å². The second-order valence-electron chi connectivity index (χ2n) is 6.57. The first-order valence-corrected chi connectivity index (χ1v) is 8.77. The van der Waals surface area contributed by atoms with E-state index in [1.54, 1.807) is 30.4 Å². The molecule has 3 heterocycles. The summed E-state index contributed by atoms with van der Waals surface area (Å²) in [4.78, 5) is 22.5. The Hall–Kier alpha value is -3.21. The Morgan fingerprint density at radius 3 is 2.62 bits per heavy atom. The molecule has 0 saturated heterocycles. The van der Waals surface area contributed by atoms with Crippen molar-refractivity contribution in [2.75, 3.05) is 11.6 Å². The molecule has 2 aliphatic rings. The Morgan fingerprint density at radius 1 is 1.21 bits per heavy atom. The number of carbonyl (C=O) groups is 1. The van der Waals surface area contributed by atoms with E-state index in [9.17, 15) is 22.4 Å². The van der Waals surface area contributed by atoms with Crippen LogP contribution in [0.15, 0.2) is 48.1 Å². The quantitative estimate of drug-likeness (QED) is 0.745. The van der Waals surface area contributed by atoms with Crippen molar-refractivity contribution >= 4 is 11.9 Å². The highest BCUT2D eigenvalue weighted by Gasteiger charge is 2.40. The molecule has 4 rings (SSSR count). The second-order valence-corrected chi connectivity index (χ2v) is 6.57. The van der Waals surface area contributed by atoms with Gasteiger partial charge in [0.1, 0.15) is 5.82 Å². The molecule has 7 nitrogen and oxygen atoms in total. The first kappa shape index (κ1) is 19.1. The second kappa shape index (κ2) is 6.99. The topological polar surface area (TPSA) is 73.4 Å². The summed E-state index contributed by atoms with van der Waals surface area (Å²) in [6.07, 6.45) is -1.33. The number of rotatable bonds is 2. The molecule has 2 N–H and O–H groups in total. The summed E-state index contributed by atoms with van der Waals surface area (Å²) < 4.78 is 53.4. The Bertz CT molecular complexity index is 978. The summed E-state index contributed by atoms with van der Waals surface area (Å²) in [6, 6.07) is 3.86. The smallest absolute Gasteiger partial charge is 0.330 e. The molecule has 0 spiro atoms. The number of benzene rings is 1. The summed E-state index contributed by atoms with van der Waals surface area (Å²) in [5.74, 6) is -1.96. The van der Waals surface area contributed by atoms with Gasteiger partial charge < -0.3 is 10.3 Å². The average Bonchev–Trinajstić information content (AvgIpc) is 3.13. The Morgan fingerprint density at radius 2 is 1.93 bits per heavy atom. The summed E-state index contributed by atoms with van der Waals surface area (Å²) in [7, 11) is 0. The van der Waals surface area contributed by atoms with Crippen LogP contribution in [-0.4, -0.2) is 33.4 Å². The first-order chi connectivity index (χ1) is 13.8. The van der Waals surface area contributed by atoms with Crippen LogP contribution in [0.4, 0.5) is 23.5 Å². The van der Waals surface area contributed by atoms with Crippen molar-refractivity contribution in [1.82, 2.24) is 25.8 Å². The predicted molar refractivity (Wildman–Crippen MR) is 94.3 cm³/mol. The van der Waals surface area contributed by atoms with E-state index in [1.165, 1.54) is 4.90 Å². The van der Waals surface area contributed by atoms with Crippen LogP contribution in [0.25, 0.3) is 0 Å². The van der Waals surface area contributed by atoms with E-state index < -0.39 is 35.1 Å². The Labute approximate surface area is 163 Å². The third-order valence-corrected chi connectivity index (χ3v) is 4.91. The van der Waals surface area contributed by atoms with Crippen LogP contribution in [0.5, 0.6) is 0 Å². The largest absolute Gasteiger partial charge is 0.419 e. The molecule has 0 fully saturated rings. The molecule has 2 aromatic rings. The molecular formula is C18H16F4N6O. The number of carbonyl (C=O) groups excluding carboxylic acids is 1. The van der Waals surface area contributed by atoms with Gasteiger partial charge in [0, 0.05) is 25.4 Å². The SMILES string of the molecule is C[C@@H]1C2=C(CCN1C(=O)c1cccc(C(F)(F)F)c1F)N(c1ncccn1)NN2. The van der Waals surface area contributed by atoms with Gasteiger partial charge in [-0.1, -0.05) is 6.07 Å². The van der Waals surface area contributed by atoms with Gasteiger partial charge in [0.05, 0.1) is 28.6 Å². The van der Waals surface area contributed by atoms with E-state index in [0.29, 0.717) is 24.1 Å². The molecule has 0 aliphatic carbocycles. The average molecular weight is 408 g/mol. The molecule has 1 atom stereocenters. The van der Waals surface area contributed by atoms with Crippen molar-refractivity contribution in [3.05, 3.63) is 65.0 Å². The van der Waals surface area contributed by atoms with E-state index in [0.717, 1.165) is 17.8 Å². The molecule has 0 bridgehead atoms. The number of nitrogens with one attached hydrogen (secondary N) is 2. The van der Waals surface area contributed by atoms with Gasteiger partial charge in [-0.05, 0) is 25.1 Å². The highest BCUT2D eigenvalue weighted by molar-refractivity contribution is 5.95. The molecule has 11 heteroatoms. The van der Waals surface area contributed by atoms with E-state index in [2.05, 4.69) is 20.9 Å². The monoisotopic (exact) mass is 408 g/mol. The molecule has 152 valence electrons. The number of halogens is 4. The van der Waals surface area contributed by atoms with Gasteiger partial charge >= 0.3 is 6.18 Å². The number of hydrogen-bond acceptors (Lipinski definition) is 6. The number of amides is 1. The van der Waals surface area contributed by atoms with Gasteiger partial charge in [0.15, 0.2) is 0 Å². The lowest BCUT2D eigenvalue weighted by molar-refractivity contribution is -0.140. The van der Waals surface area contributed by atoms with Gasteiger partial charge in [-0.15, -0.1) is 5.53 Å². The van der Waals surface area contributed by atoms with Crippen LogP contribution in [0.2, 0.25) is 0 Å². The number of hydrogen-bond donors (Lipinski definition) is 2. The molecule has 0 saturated carbocycles. The van der Waals surface area contributed by atoms with Crippen LogP contribution in [0.1, 0.15) is 29.3 Å². The summed E-state index contributed by atoms with van der Waals surface area (Å²) in [5.41, 5.74) is 5.24. The van der Waals surface area contributed by atoms with Crippen molar-refractivity contribution < 1.29 is 22.4 Å². The van der Waals surface area contributed by atoms with Gasteiger partial charge in [0.25, 0.3) is 5.91 Å². The van der Waals surface area contributed by atoms with Crippen LogP contribution >= 0.6 is 0 Å². The van der Waals surface area contributed by atoms with Crippen molar-refractivity contribution in [2.24, 2.45) is 0 Å². The lowest BCUT2D eigenvalue weighted by atomic mass is 10.0. The number of hydrazine groups is 2. The zero-order chi connectivity index (χ0) is 20.8. The molecule has 0 radical (unpaired) electrons. The van der Waals surface area contributed by atoms with E-state index in [1.807, 2.05) is 0 Å². The minimum absolute atomic E-state index is 0.196. The number of aromatic nitrogens is 2. The molecule has 1 amide bonds. The van der Waals surface area contributed by atoms with Crippen molar-refractivity contribution in [2.45, 2.75) is 25.6 Å². The van der Waals surface area contributed by atoms with Gasteiger partial charge in [-0.2, -0.15) is 13.2 Å². The van der Waals surface area contributed by atoms with Crippen LogP contribution in [-0.2, 0) is 6.18 Å². The molecular weight excluding hydrogens is 392 g/mol. The minimum Gasteiger partial charge on any atom is -0.330 e. The lowest BCUT2D eigenvalue weighted by Crippen LogP contribution is -2.46. The van der Waals surface area contributed by atoms with E-state index >= 15 is 0 Å². The number of alkyl halides is 3. The van der Waals surface area contributed by atoms with Gasteiger partial charge in [-0.25, -0.2) is 19.4 Å². The van der Waals surface area contributed by atoms with Gasteiger partial charge in [-0.3, -0.25) is 4.79 Å². The predicted octanol–water partition coefficient (Wildman–Crippen LogP) is 2.61. The normalized spacial score (nSPS) is 19.3. The highest BCUT2D eigenvalue weighted by Crippen LogP contribution is 2.34. The fraction of sp³-hybridized carbons (Fsp3) is 0.278. The Balaban J connectivity index is 1.62. The maximum Gasteiger partial charge on any atom is 0.419 e. The summed E-state index contributed by atoms with van der Waals surface area (Å²) in [6.45, 7) is 1.91. The van der Waals surface area contributed by atoms with E-state index in [-0.39, 0.29) is 6.54 Å². The molecule has 1 aromatic heterocycles. The first-order valence-electron chi connectivity index (χ1n) is 8.77. The molecule has 0 unspecified atom stereocenters. The number of anilines is 1. The lowest BCUT2D eigenvalue weighted by Gasteiger charge is -2.34. The van der Waals surface area contributed by atoms with Crippen molar-refractivity contribution in [3.63, 3.8) is 0 Å². The summed E-state index contributed by atoms with van der Waals surface area (Å²) in [5, 5.41) is 1.64. The minimum atomic E-state index is -4.88. The van der Waals surface area contributed by atoms with Crippen LogP contribution < -0.4 is 16.0 Å². The zero-order valence-corrected chi connectivity index (χ0v) is 15.2. The Kier molecular flexibility index (Phi) is 4.61. The number of nitrogens with zero attached hydrogens (tertiary/aromatic N) is 4. The zero-order valence-electron chi connectivity index (χ0n) is 15.2. The van der Waals surface area contributed by atoms with E-state index in [4.69, 9.17) is 0 Å². The van der Waals surface area contributed by atoms with Crippen molar-refractivity contribution in [1.29, 1.82) is 0 Å². The molecule has 2 aliphatic heterocycles. The maximum absolute atomic E-state index is 14.4. The highest BCUT2D eigenvalue weighted by atomic mass is 19.4. The third-order valence-electron chi connectivity index (χ3n) is 4.91. The van der Waals surface area contributed by atoms with Gasteiger partial charge in [0.2, 0.25) is 5.95 Å².